The number of ether oxygens (including phenoxy) is 4. The smallest absolute Gasteiger partial charge is 0.256 e. The van der Waals surface area contributed by atoms with E-state index in [1.807, 2.05) is 48.2 Å². The Kier molecular flexibility index (Phi) is 6.40. The molecule has 3 aromatic rings. The van der Waals surface area contributed by atoms with E-state index in [1.165, 1.54) is 0 Å². The summed E-state index contributed by atoms with van der Waals surface area (Å²) in [5.41, 5.74) is 4.10. The van der Waals surface area contributed by atoms with Crippen LogP contribution in [-0.2, 0) is 0 Å². The van der Waals surface area contributed by atoms with E-state index in [0.717, 1.165) is 27.8 Å². The quantitative estimate of drug-likeness (QED) is 0.553. The summed E-state index contributed by atoms with van der Waals surface area (Å²) in [5.74, 6) is 2.75. The number of fused-ring (bicyclic) bond motifs is 1. The topological polar surface area (TPSA) is 70.1 Å². The van der Waals surface area contributed by atoms with Gasteiger partial charge in [-0.05, 0) is 37.1 Å². The predicted molar refractivity (Wildman–Crippen MR) is 128 cm³/mol. The molecule has 0 atom stereocenters. The first-order valence-electron chi connectivity index (χ1n) is 10.7. The Morgan fingerprint density at radius 1 is 0.909 bits per heavy atom. The number of aryl methyl sites for hydroxylation is 1. The van der Waals surface area contributed by atoms with Crippen molar-refractivity contribution in [3.63, 3.8) is 0 Å². The molecule has 1 aliphatic rings. The Morgan fingerprint density at radius 2 is 1.61 bits per heavy atom. The van der Waals surface area contributed by atoms with Crippen LogP contribution in [0.5, 0.6) is 23.0 Å². The highest BCUT2D eigenvalue weighted by Gasteiger charge is 2.25. The van der Waals surface area contributed by atoms with Crippen LogP contribution >= 0.6 is 0 Å². The van der Waals surface area contributed by atoms with Crippen LogP contribution in [0.1, 0.15) is 28.0 Å². The van der Waals surface area contributed by atoms with Crippen LogP contribution in [0.25, 0.3) is 16.5 Å². The summed E-state index contributed by atoms with van der Waals surface area (Å²) in [6.07, 6.45) is 2.74. The van der Waals surface area contributed by atoms with E-state index in [4.69, 9.17) is 18.9 Å². The zero-order chi connectivity index (χ0) is 23.5. The molecule has 0 aliphatic carbocycles. The zero-order valence-corrected chi connectivity index (χ0v) is 19.6. The van der Waals surface area contributed by atoms with E-state index in [1.54, 1.807) is 28.4 Å². The fraction of sp³-hybridized carbons (Fsp3) is 0.308. The predicted octanol–water partition coefficient (Wildman–Crippen LogP) is 4.51. The number of rotatable bonds is 6. The third kappa shape index (κ3) is 4.31. The molecular formula is C26H28N2O5. The molecule has 0 fully saturated rings. The minimum Gasteiger partial charge on any atom is -0.497 e. The third-order valence-electron chi connectivity index (χ3n) is 5.98. The van der Waals surface area contributed by atoms with Gasteiger partial charge in [-0.15, -0.1) is 0 Å². The van der Waals surface area contributed by atoms with Crippen LogP contribution in [0, 0.1) is 6.92 Å². The minimum absolute atomic E-state index is 0.0262. The number of pyridine rings is 1. The Bertz CT molecular complexity index is 1210. The number of benzene rings is 2. The van der Waals surface area contributed by atoms with E-state index in [-0.39, 0.29) is 5.91 Å². The molecule has 1 aliphatic heterocycles. The van der Waals surface area contributed by atoms with Crippen LogP contribution in [-0.4, -0.2) is 57.3 Å². The second kappa shape index (κ2) is 9.40. The molecule has 7 nitrogen and oxygen atoms in total. The van der Waals surface area contributed by atoms with Crippen LogP contribution < -0.4 is 18.9 Å². The highest BCUT2D eigenvalue weighted by molar-refractivity contribution is 5.99. The molecule has 0 N–H and O–H groups in total. The normalized spacial score (nSPS) is 13.5. The summed E-state index contributed by atoms with van der Waals surface area (Å²) in [5, 5.41) is 0.908. The molecule has 0 saturated carbocycles. The Balaban J connectivity index is 1.61. The number of hydrogen-bond donors (Lipinski definition) is 0. The highest BCUT2D eigenvalue weighted by atomic mass is 16.5. The maximum Gasteiger partial charge on any atom is 0.256 e. The number of carbonyl (C=O) groups is 1. The third-order valence-corrected chi connectivity index (χ3v) is 5.98. The summed E-state index contributed by atoms with van der Waals surface area (Å²) in [6.45, 7) is 2.94. The maximum absolute atomic E-state index is 13.3. The zero-order valence-electron chi connectivity index (χ0n) is 19.6. The number of methoxy groups -OCH3 is 4. The van der Waals surface area contributed by atoms with Gasteiger partial charge in [-0.2, -0.15) is 0 Å². The van der Waals surface area contributed by atoms with Gasteiger partial charge >= 0.3 is 0 Å². The van der Waals surface area contributed by atoms with Crippen LogP contribution in [0.4, 0.5) is 0 Å². The van der Waals surface area contributed by atoms with Crippen molar-refractivity contribution in [2.75, 3.05) is 41.5 Å². The average molecular weight is 449 g/mol. The number of amides is 1. The Morgan fingerprint density at radius 3 is 2.18 bits per heavy atom. The molecule has 4 rings (SSSR count). The molecule has 1 aromatic heterocycles. The van der Waals surface area contributed by atoms with Crippen LogP contribution in [0.3, 0.4) is 0 Å². The summed E-state index contributed by atoms with van der Waals surface area (Å²) < 4.78 is 21.8. The van der Waals surface area contributed by atoms with Crippen LogP contribution in [0.2, 0.25) is 0 Å². The number of nitrogens with zero attached hydrogens (tertiary/aromatic N) is 2. The molecule has 172 valence electrons. The SMILES string of the molecule is COc1cc(OC)c(C2=CCN(C(=O)c3cc4ccc(OC)cc4nc3C)CC2)c(OC)c1. The van der Waals surface area contributed by atoms with Crippen molar-refractivity contribution in [3.05, 3.63) is 59.3 Å². The van der Waals surface area contributed by atoms with Crippen LogP contribution in [0.15, 0.2) is 42.5 Å². The molecule has 33 heavy (non-hydrogen) atoms. The first kappa shape index (κ1) is 22.5. The second-order valence-electron chi connectivity index (χ2n) is 7.82. The van der Waals surface area contributed by atoms with E-state index in [9.17, 15) is 4.79 Å². The fourth-order valence-electron chi connectivity index (χ4n) is 4.16. The molecule has 0 spiro atoms. The highest BCUT2D eigenvalue weighted by Crippen LogP contribution is 2.41. The average Bonchev–Trinajstić information content (AvgIpc) is 2.86. The lowest BCUT2D eigenvalue weighted by Gasteiger charge is -2.28. The van der Waals surface area contributed by atoms with Crippen molar-refractivity contribution >= 4 is 22.4 Å². The lowest BCUT2D eigenvalue weighted by atomic mass is 9.96. The van der Waals surface area contributed by atoms with Crippen molar-refractivity contribution in [1.82, 2.24) is 9.88 Å². The molecule has 0 saturated heterocycles. The molecule has 7 heteroatoms. The number of aromatic nitrogens is 1. The van der Waals surface area contributed by atoms with Gasteiger partial charge in [0.15, 0.2) is 0 Å². The second-order valence-corrected chi connectivity index (χ2v) is 7.82. The largest absolute Gasteiger partial charge is 0.497 e. The van der Waals surface area contributed by atoms with Gasteiger partial charge in [-0.25, -0.2) is 0 Å². The fourth-order valence-corrected chi connectivity index (χ4v) is 4.16. The molecular weight excluding hydrogens is 420 g/mol. The van der Waals surface area contributed by atoms with Crippen molar-refractivity contribution < 1.29 is 23.7 Å². The first-order valence-corrected chi connectivity index (χ1v) is 10.7. The van der Waals surface area contributed by atoms with E-state index in [2.05, 4.69) is 11.1 Å². The van der Waals surface area contributed by atoms with Crippen molar-refractivity contribution in [1.29, 1.82) is 0 Å². The van der Waals surface area contributed by atoms with Crippen molar-refractivity contribution in [2.24, 2.45) is 0 Å². The maximum atomic E-state index is 13.3. The summed E-state index contributed by atoms with van der Waals surface area (Å²) >= 11 is 0. The monoisotopic (exact) mass is 448 g/mol. The number of hydrogen-bond acceptors (Lipinski definition) is 6. The first-order chi connectivity index (χ1) is 16.0. The lowest BCUT2D eigenvalue weighted by Crippen LogP contribution is -2.35. The summed E-state index contributed by atoms with van der Waals surface area (Å²) in [7, 11) is 6.49. The molecule has 0 unspecified atom stereocenters. The van der Waals surface area contributed by atoms with Gasteiger partial charge in [0, 0.05) is 36.7 Å². The summed E-state index contributed by atoms with van der Waals surface area (Å²) in [4.78, 5) is 19.8. The van der Waals surface area contributed by atoms with Gasteiger partial charge in [0.1, 0.15) is 23.0 Å². The number of carbonyl (C=O) groups excluding carboxylic acids is 1. The van der Waals surface area contributed by atoms with E-state index >= 15 is 0 Å². The molecule has 1 amide bonds. The standard InChI is InChI=1S/C26H28N2O5/c1-16-21(12-18-6-7-19(30-2)13-22(18)27-16)26(29)28-10-8-17(9-11-28)25-23(32-4)14-20(31-3)15-24(25)33-5/h6-8,12-15H,9-11H2,1-5H3. The Labute approximate surface area is 193 Å². The van der Waals surface area contributed by atoms with Gasteiger partial charge in [0.2, 0.25) is 0 Å². The van der Waals surface area contributed by atoms with Gasteiger partial charge < -0.3 is 23.8 Å². The molecule has 2 aromatic carbocycles. The molecule has 2 heterocycles. The van der Waals surface area contributed by atoms with Gasteiger partial charge in [0.25, 0.3) is 5.91 Å². The van der Waals surface area contributed by atoms with Crippen molar-refractivity contribution in [2.45, 2.75) is 13.3 Å². The summed E-state index contributed by atoms with van der Waals surface area (Å²) in [6, 6.07) is 11.3. The van der Waals surface area contributed by atoms with E-state index < -0.39 is 0 Å². The minimum atomic E-state index is -0.0262. The molecule has 0 radical (unpaired) electrons. The van der Waals surface area contributed by atoms with Gasteiger partial charge in [-0.1, -0.05) is 6.08 Å². The Hall–Kier alpha value is -3.74. The van der Waals surface area contributed by atoms with Crippen molar-refractivity contribution in [3.8, 4) is 23.0 Å². The molecule has 0 bridgehead atoms. The van der Waals surface area contributed by atoms with E-state index in [0.29, 0.717) is 48.0 Å². The van der Waals surface area contributed by atoms with Gasteiger partial charge in [-0.3, -0.25) is 9.78 Å². The van der Waals surface area contributed by atoms with Gasteiger partial charge in [0.05, 0.1) is 50.8 Å². The lowest BCUT2D eigenvalue weighted by molar-refractivity contribution is 0.0772.